The number of carbonyl (C=O) groups is 2. The number of carbonyl (C=O) groups excluding carboxylic acids is 2. The quantitative estimate of drug-likeness (QED) is 0.0257. The molecule has 0 fully saturated rings. The van der Waals surface area contributed by atoms with Crippen molar-refractivity contribution in [3.8, 4) is 0 Å². The van der Waals surface area contributed by atoms with E-state index in [-0.39, 0.29) is 32.0 Å². The molecule has 10 heteroatoms. The molecule has 0 aliphatic carbocycles. The van der Waals surface area contributed by atoms with Crippen LogP contribution in [0.25, 0.3) is 0 Å². The van der Waals surface area contributed by atoms with Gasteiger partial charge in [-0.05, 0) is 12.8 Å². The Morgan fingerprint density at radius 1 is 0.415 bits per heavy atom. The molecule has 0 bridgehead atoms. The van der Waals surface area contributed by atoms with Crippen LogP contribution in [0.1, 0.15) is 290 Å². The second-order valence-corrected chi connectivity index (χ2v) is 22.1. The van der Waals surface area contributed by atoms with Gasteiger partial charge in [0.15, 0.2) is 6.10 Å². The molecular formula is C55H110NO8P. The molecule has 0 saturated carbocycles. The number of esters is 2. The van der Waals surface area contributed by atoms with Crippen molar-refractivity contribution in [3.63, 3.8) is 0 Å². The van der Waals surface area contributed by atoms with Gasteiger partial charge in [0.1, 0.15) is 19.8 Å². The Hall–Kier alpha value is -0.990. The highest BCUT2D eigenvalue weighted by molar-refractivity contribution is 7.45. The monoisotopic (exact) mass is 944 g/mol. The van der Waals surface area contributed by atoms with Crippen LogP contribution in [0, 0.1) is 0 Å². The summed E-state index contributed by atoms with van der Waals surface area (Å²) in [6, 6.07) is 0. The zero-order chi connectivity index (χ0) is 47.8. The molecule has 9 nitrogen and oxygen atoms in total. The summed E-state index contributed by atoms with van der Waals surface area (Å²) in [5, 5.41) is 0. The Bertz CT molecular complexity index is 1070. The first-order valence-electron chi connectivity index (χ1n) is 28.2. The van der Waals surface area contributed by atoms with Gasteiger partial charge >= 0.3 is 11.9 Å². The van der Waals surface area contributed by atoms with Crippen LogP contribution >= 0.6 is 7.82 Å². The number of rotatable bonds is 53. The smallest absolute Gasteiger partial charge is 0.306 e. The maximum Gasteiger partial charge on any atom is 0.306 e. The first-order chi connectivity index (χ1) is 31.5. The number of quaternary nitrogens is 1. The largest absolute Gasteiger partial charge is 0.756 e. The molecule has 0 aliphatic rings. The van der Waals surface area contributed by atoms with E-state index >= 15 is 0 Å². The Kier molecular flexibility index (Phi) is 47.3. The minimum absolute atomic E-state index is 0.0252. The topological polar surface area (TPSA) is 111 Å². The highest BCUT2D eigenvalue weighted by Gasteiger charge is 2.22. The van der Waals surface area contributed by atoms with Crippen molar-refractivity contribution < 1.29 is 42.1 Å². The summed E-state index contributed by atoms with van der Waals surface area (Å²) in [5.74, 6) is -0.811. The zero-order valence-corrected chi connectivity index (χ0v) is 44.9. The SMILES string of the molecule is CCCCCCCCCCCCCCCCCCCCCCCCCCCC(=O)OC(COC(=O)CCCCCCCCCCCCCCCCCC)COP(=O)([O-])OCC[N+](C)(C)C. The summed E-state index contributed by atoms with van der Waals surface area (Å²) < 4.78 is 34.1. The van der Waals surface area contributed by atoms with Gasteiger partial charge < -0.3 is 27.9 Å². The molecule has 2 atom stereocenters. The molecule has 0 aromatic rings. The normalized spacial score (nSPS) is 13.3. The van der Waals surface area contributed by atoms with Crippen LogP contribution < -0.4 is 4.89 Å². The van der Waals surface area contributed by atoms with Crippen molar-refractivity contribution >= 4 is 19.8 Å². The number of phosphoric ester groups is 1. The lowest BCUT2D eigenvalue weighted by atomic mass is 10.0. The van der Waals surface area contributed by atoms with Crippen molar-refractivity contribution in [1.29, 1.82) is 0 Å². The maximum absolute atomic E-state index is 12.8. The van der Waals surface area contributed by atoms with Gasteiger partial charge in [-0.25, -0.2) is 0 Å². The van der Waals surface area contributed by atoms with E-state index in [1.165, 1.54) is 225 Å². The van der Waals surface area contributed by atoms with E-state index in [4.69, 9.17) is 18.5 Å². The van der Waals surface area contributed by atoms with Crippen molar-refractivity contribution in [2.75, 3.05) is 47.5 Å². The van der Waals surface area contributed by atoms with E-state index in [2.05, 4.69) is 13.8 Å². The predicted molar refractivity (Wildman–Crippen MR) is 273 cm³/mol. The van der Waals surface area contributed by atoms with Crippen LogP contribution in [-0.4, -0.2) is 70.0 Å². The average molecular weight is 944 g/mol. The highest BCUT2D eigenvalue weighted by Crippen LogP contribution is 2.38. The Morgan fingerprint density at radius 3 is 0.985 bits per heavy atom. The van der Waals surface area contributed by atoms with Crippen molar-refractivity contribution in [3.05, 3.63) is 0 Å². The van der Waals surface area contributed by atoms with Gasteiger partial charge in [0.25, 0.3) is 7.82 Å². The number of hydrogen-bond donors (Lipinski definition) is 0. The summed E-state index contributed by atoms with van der Waals surface area (Å²) >= 11 is 0. The Morgan fingerprint density at radius 2 is 0.692 bits per heavy atom. The molecule has 2 unspecified atom stereocenters. The summed E-state index contributed by atoms with van der Waals surface area (Å²) in [5.41, 5.74) is 0. The molecule has 0 N–H and O–H groups in total. The molecule has 0 rings (SSSR count). The van der Waals surface area contributed by atoms with Crippen molar-refractivity contribution in [1.82, 2.24) is 0 Å². The summed E-state index contributed by atoms with van der Waals surface area (Å²) in [6.45, 7) is 4.30. The molecule has 0 amide bonds. The minimum Gasteiger partial charge on any atom is -0.756 e. The van der Waals surface area contributed by atoms with Crippen LogP contribution in [0.15, 0.2) is 0 Å². The average Bonchev–Trinajstić information content (AvgIpc) is 3.26. The van der Waals surface area contributed by atoms with Crippen LogP contribution in [0.2, 0.25) is 0 Å². The minimum atomic E-state index is -4.62. The van der Waals surface area contributed by atoms with Gasteiger partial charge in [0.2, 0.25) is 0 Å². The highest BCUT2D eigenvalue weighted by atomic mass is 31.2. The van der Waals surface area contributed by atoms with E-state index in [9.17, 15) is 19.0 Å². The van der Waals surface area contributed by atoms with Gasteiger partial charge in [0.05, 0.1) is 27.7 Å². The lowest BCUT2D eigenvalue weighted by Gasteiger charge is -2.28. The standard InChI is InChI=1S/C55H110NO8P/c1-6-8-10-12-14-16-18-20-22-24-25-26-27-28-29-30-31-32-34-36-38-40-42-44-46-48-55(58)64-53(52-63-65(59,60)62-50-49-56(3,4)5)51-61-54(57)47-45-43-41-39-37-35-33-23-21-19-17-15-13-11-9-7-2/h53H,6-52H2,1-5H3. The summed E-state index contributed by atoms with van der Waals surface area (Å²) in [4.78, 5) is 37.8. The Labute approximate surface area is 404 Å². The van der Waals surface area contributed by atoms with Crippen LogP contribution in [0.3, 0.4) is 0 Å². The first-order valence-corrected chi connectivity index (χ1v) is 29.7. The summed E-state index contributed by atoms with van der Waals surface area (Å²) in [7, 11) is 1.19. The zero-order valence-electron chi connectivity index (χ0n) is 44.0. The molecule has 0 heterocycles. The lowest BCUT2D eigenvalue weighted by molar-refractivity contribution is -0.870. The van der Waals surface area contributed by atoms with Gasteiger partial charge in [0, 0.05) is 12.8 Å². The fraction of sp³-hybridized carbons (Fsp3) is 0.964. The summed E-state index contributed by atoms with van der Waals surface area (Å²) in [6.07, 6.45) is 52.9. The lowest BCUT2D eigenvalue weighted by Crippen LogP contribution is -2.37. The van der Waals surface area contributed by atoms with E-state index in [0.717, 1.165) is 32.1 Å². The molecule has 0 saturated heterocycles. The molecule has 0 aliphatic heterocycles. The fourth-order valence-corrected chi connectivity index (χ4v) is 9.21. The second-order valence-electron chi connectivity index (χ2n) is 20.7. The fourth-order valence-electron chi connectivity index (χ4n) is 8.48. The number of phosphoric acid groups is 1. The molecule has 0 spiro atoms. The molecule has 388 valence electrons. The second kappa shape index (κ2) is 48.1. The van der Waals surface area contributed by atoms with E-state index in [1.807, 2.05) is 21.1 Å². The number of likely N-dealkylation sites (N-methyl/N-ethyl adjacent to an activating group) is 1. The van der Waals surface area contributed by atoms with Gasteiger partial charge in [-0.15, -0.1) is 0 Å². The third-order valence-corrected chi connectivity index (χ3v) is 13.8. The van der Waals surface area contributed by atoms with Crippen LogP contribution in [0.4, 0.5) is 0 Å². The first kappa shape index (κ1) is 64.0. The third kappa shape index (κ3) is 52.2. The Balaban J connectivity index is 4.10. The molecule has 0 aromatic carbocycles. The molecule has 65 heavy (non-hydrogen) atoms. The van der Waals surface area contributed by atoms with Crippen LogP contribution in [-0.2, 0) is 32.7 Å². The van der Waals surface area contributed by atoms with Gasteiger partial charge in [-0.1, -0.05) is 264 Å². The van der Waals surface area contributed by atoms with E-state index in [1.54, 1.807) is 0 Å². The van der Waals surface area contributed by atoms with Gasteiger partial charge in [-0.2, -0.15) is 0 Å². The predicted octanol–water partition coefficient (Wildman–Crippen LogP) is 16.5. The number of ether oxygens (including phenoxy) is 2. The number of hydrogen-bond acceptors (Lipinski definition) is 8. The van der Waals surface area contributed by atoms with Crippen LogP contribution in [0.5, 0.6) is 0 Å². The molecule has 0 aromatic heterocycles. The number of unbranched alkanes of at least 4 members (excludes halogenated alkanes) is 39. The van der Waals surface area contributed by atoms with E-state index < -0.39 is 26.5 Å². The third-order valence-electron chi connectivity index (χ3n) is 12.9. The van der Waals surface area contributed by atoms with Crippen molar-refractivity contribution in [2.24, 2.45) is 0 Å². The molecule has 0 radical (unpaired) electrons. The van der Waals surface area contributed by atoms with Crippen molar-refractivity contribution in [2.45, 2.75) is 296 Å². The molecular weight excluding hydrogens is 834 g/mol. The van der Waals surface area contributed by atoms with E-state index in [0.29, 0.717) is 17.4 Å². The maximum atomic E-state index is 12.8. The number of nitrogens with zero attached hydrogens (tertiary/aromatic N) is 1. The van der Waals surface area contributed by atoms with Gasteiger partial charge in [-0.3, -0.25) is 14.2 Å².